The van der Waals surface area contributed by atoms with Crippen LogP contribution in [0.15, 0.2) is 0 Å². The lowest BCUT2D eigenvalue weighted by Gasteiger charge is -2.52. The van der Waals surface area contributed by atoms with Crippen LogP contribution in [0.25, 0.3) is 0 Å². The van der Waals surface area contributed by atoms with Gasteiger partial charge in [0.1, 0.15) is 0 Å². The monoisotopic (exact) mass is 240 g/mol. The summed E-state index contributed by atoms with van der Waals surface area (Å²) in [6.07, 6.45) is 1.62. The van der Waals surface area contributed by atoms with Crippen LogP contribution in [-0.2, 0) is 4.74 Å². The van der Waals surface area contributed by atoms with Crippen LogP contribution in [0.5, 0.6) is 0 Å². The number of ether oxygens (including phenoxy) is 1. The van der Waals surface area contributed by atoms with Gasteiger partial charge in [-0.05, 0) is 44.8 Å². The molecule has 0 bridgehead atoms. The van der Waals surface area contributed by atoms with Crippen molar-refractivity contribution in [2.45, 2.75) is 46.3 Å². The lowest BCUT2D eigenvalue weighted by molar-refractivity contribution is -0.114. The Hall–Kier alpha value is -0.120. The second kappa shape index (κ2) is 5.25. The van der Waals surface area contributed by atoms with E-state index >= 15 is 0 Å². The van der Waals surface area contributed by atoms with Gasteiger partial charge in [0.25, 0.3) is 0 Å². The smallest absolute Gasteiger partial charge is 0.0655 e. The molecule has 1 heterocycles. The van der Waals surface area contributed by atoms with E-state index in [0.29, 0.717) is 17.6 Å². The first kappa shape index (κ1) is 13.3. The molecule has 1 aliphatic carbocycles. The molecular formula is C14H28N2O. The zero-order chi connectivity index (χ0) is 12.5. The van der Waals surface area contributed by atoms with Crippen molar-refractivity contribution in [2.24, 2.45) is 17.3 Å². The molecule has 2 unspecified atom stereocenters. The average molecular weight is 240 g/mol. The van der Waals surface area contributed by atoms with Gasteiger partial charge in [-0.15, -0.1) is 0 Å². The highest BCUT2D eigenvalue weighted by Gasteiger charge is 2.48. The molecule has 2 N–H and O–H groups in total. The van der Waals surface area contributed by atoms with Crippen molar-refractivity contribution in [2.75, 3.05) is 26.2 Å². The molecule has 0 aromatic heterocycles. The van der Waals surface area contributed by atoms with Crippen LogP contribution in [0.1, 0.15) is 34.1 Å². The molecule has 3 nitrogen and oxygen atoms in total. The zero-order valence-electron chi connectivity index (χ0n) is 11.8. The van der Waals surface area contributed by atoms with E-state index < -0.39 is 0 Å². The second-order valence-corrected chi connectivity index (χ2v) is 6.36. The quantitative estimate of drug-likeness (QED) is 0.766. The summed E-state index contributed by atoms with van der Waals surface area (Å²) in [5.41, 5.74) is 0.297. The molecule has 100 valence electrons. The predicted octanol–water partition coefficient (Wildman–Crippen LogP) is 1.64. The maximum absolute atomic E-state index is 5.76. The van der Waals surface area contributed by atoms with Gasteiger partial charge in [0.05, 0.1) is 6.10 Å². The third-order valence-corrected chi connectivity index (χ3v) is 4.85. The first-order valence-electron chi connectivity index (χ1n) is 7.11. The molecule has 3 heteroatoms. The van der Waals surface area contributed by atoms with E-state index in [4.69, 9.17) is 4.74 Å². The van der Waals surface area contributed by atoms with Crippen LogP contribution in [0.2, 0.25) is 0 Å². The van der Waals surface area contributed by atoms with Gasteiger partial charge in [-0.25, -0.2) is 0 Å². The number of hydrogen-bond acceptors (Lipinski definition) is 3. The molecule has 1 aliphatic heterocycles. The molecule has 1 saturated carbocycles. The molecule has 0 aromatic carbocycles. The summed E-state index contributed by atoms with van der Waals surface area (Å²) in [5, 5.41) is 7.22. The highest BCUT2D eigenvalue weighted by molar-refractivity contribution is 5.03. The van der Waals surface area contributed by atoms with Gasteiger partial charge in [0, 0.05) is 18.1 Å². The highest BCUT2D eigenvalue weighted by Crippen LogP contribution is 2.42. The molecule has 1 saturated heterocycles. The fourth-order valence-corrected chi connectivity index (χ4v) is 3.15. The van der Waals surface area contributed by atoms with Crippen LogP contribution < -0.4 is 10.6 Å². The van der Waals surface area contributed by atoms with Crippen molar-refractivity contribution in [3.8, 4) is 0 Å². The molecular weight excluding hydrogens is 212 g/mol. The first-order chi connectivity index (χ1) is 8.05. The zero-order valence-corrected chi connectivity index (χ0v) is 11.8. The Labute approximate surface area is 106 Å². The Kier molecular flexibility index (Phi) is 4.11. The predicted molar refractivity (Wildman–Crippen MR) is 71.1 cm³/mol. The minimum Gasteiger partial charge on any atom is -0.378 e. The van der Waals surface area contributed by atoms with Gasteiger partial charge in [-0.2, -0.15) is 0 Å². The third-order valence-electron chi connectivity index (χ3n) is 4.85. The Morgan fingerprint density at radius 2 is 2.12 bits per heavy atom. The fraction of sp³-hybridized carbons (Fsp3) is 1.00. The molecule has 2 aliphatic rings. The summed E-state index contributed by atoms with van der Waals surface area (Å²) < 4.78 is 5.76. The summed E-state index contributed by atoms with van der Waals surface area (Å²) >= 11 is 0. The van der Waals surface area contributed by atoms with Crippen LogP contribution >= 0.6 is 0 Å². The maximum Gasteiger partial charge on any atom is 0.0655 e. The Bertz CT molecular complexity index is 255. The van der Waals surface area contributed by atoms with Crippen LogP contribution in [0, 0.1) is 17.3 Å². The maximum atomic E-state index is 5.76. The van der Waals surface area contributed by atoms with Crippen molar-refractivity contribution in [3.05, 3.63) is 0 Å². The van der Waals surface area contributed by atoms with E-state index in [9.17, 15) is 0 Å². The third kappa shape index (κ3) is 2.67. The number of nitrogens with one attached hydrogen (secondary N) is 2. The van der Waals surface area contributed by atoms with Gasteiger partial charge in [0.15, 0.2) is 0 Å². The molecule has 0 aromatic rings. The van der Waals surface area contributed by atoms with Crippen molar-refractivity contribution in [1.82, 2.24) is 10.6 Å². The fourth-order valence-electron chi connectivity index (χ4n) is 3.15. The molecule has 0 amide bonds. The lowest BCUT2D eigenvalue weighted by Crippen LogP contribution is -2.61. The second-order valence-electron chi connectivity index (χ2n) is 6.36. The Morgan fingerprint density at radius 1 is 1.35 bits per heavy atom. The van der Waals surface area contributed by atoms with Crippen molar-refractivity contribution < 1.29 is 4.74 Å². The molecule has 0 spiro atoms. The van der Waals surface area contributed by atoms with E-state index in [1.807, 2.05) is 0 Å². The standard InChI is InChI=1S/C14H28N2O/c1-5-17-13-6-12(14(13,3)4)16-9-11-8-15-7-10(11)2/h10-13,15-16H,5-9H2,1-4H3/t10-,11+,12?,13?/m1/s1. The van der Waals surface area contributed by atoms with Crippen molar-refractivity contribution in [3.63, 3.8) is 0 Å². The summed E-state index contributed by atoms with van der Waals surface area (Å²) in [6, 6.07) is 0.631. The minimum atomic E-state index is 0.297. The van der Waals surface area contributed by atoms with Crippen LogP contribution in [0.3, 0.4) is 0 Å². The number of hydrogen-bond donors (Lipinski definition) is 2. The average Bonchev–Trinajstić information content (AvgIpc) is 2.68. The van der Waals surface area contributed by atoms with Gasteiger partial charge >= 0.3 is 0 Å². The van der Waals surface area contributed by atoms with E-state index in [0.717, 1.165) is 25.0 Å². The number of rotatable bonds is 5. The SMILES string of the molecule is CCOC1CC(NC[C@@H]2CNC[C@H]2C)C1(C)C. The van der Waals surface area contributed by atoms with Gasteiger partial charge in [0.2, 0.25) is 0 Å². The molecule has 2 fully saturated rings. The van der Waals surface area contributed by atoms with E-state index in [2.05, 4.69) is 38.3 Å². The topological polar surface area (TPSA) is 33.3 Å². The van der Waals surface area contributed by atoms with E-state index in [1.54, 1.807) is 0 Å². The largest absolute Gasteiger partial charge is 0.378 e. The highest BCUT2D eigenvalue weighted by atomic mass is 16.5. The first-order valence-corrected chi connectivity index (χ1v) is 7.11. The summed E-state index contributed by atoms with van der Waals surface area (Å²) in [6.45, 7) is 13.4. The summed E-state index contributed by atoms with van der Waals surface area (Å²) in [4.78, 5) is 0. The summed E-state index contributed by atoms with van der Waals surface area (Å²) in [7, 11) is 0. The van der Waals surface area contributed by atoms with Crippen molar-refractivity contribution in [1.29, 1.82) is 0 Å². The summed E-state index contributed by atoms with van der Waals surface area (Å²) in [5.74, 6) is 1.62. The van der Waals surface area contributed by atoms with E-state index in [-0.39, 0.29) is 0 Å². The van der Waals surface area contributed by atoms with Crippen LogP contribution in [0.4, 0.5) is 0 Å². The lowest BCUT2D eigenvalue weighted by atomic mass is 9.64. The van der Waals surface area contributed by atoms with Crippen LogP contribution in [-0.4, -0.2) is 38.4 Å². The van der Waals surface area contributed by atoms with Crippen molar-refractivity contribution >= 4 is 0 Å². The molecule has 0 radical (unpaired) electrons. The molecule has 4 atom stereocenters. The molecule has 2 rings (SSSR count). The normalized spacial score (nSPS) is 40.2. The van der Waals surface area contributed by atoms with E-state index in [1.165, 1.54) is 19.5 Å². The van der Waals surface area contributed by atoms with Gasteiger partial charge in [-0.1, -0.05) is 20.8 Å². The Balaban J connectivity index is 1.74. The van der Waals surface area contributed by atoms with Gasteiger partial charge in [-0.3, -0.25) is 0 Å². The Morgan fingerprint density at radius 3 is 2.65 bits per heavy atom. The van der Waals surface area contributed by atoms with Gasteiger partial charge < -0.3 is 15.4 Å². The molecule has 17 heavy (non-hydrogen) atoms. The minimum absolute atomic E-state index is 0.297.